The zero-order valence-corrected chi connectivity index (χ0v) is 13.0. The fraction of sp³-hybridized carbons (Fsp3) is 0.400. The van der Waals surface area contributed by atoms with Crippen molar-refractivity contribution in [3.05, 3.63) is 5.82 Å². The molecule has 0 fully saturated rings. The molecule has 112 valence electrons. The first-order valence-electron chi connectivity index (χ1n) is 5.85. The summed E-state index contributed by atoms with van der Waals surface area (Å²) < 4.78 is 0. The smallest absolute Gasteiger partial charge is 0.253 e. The summed E-state index contributed by atoms with van der Waals surface area (Å²) in [5, 5.41) is 35.5. The molecule has 21 heavy (non-hydrogen) atoms. The lowest BCUT2D eigenvalue weighted by Crippen LogP contribution is -2.19. The summed E-state index contributed by atoms with van der Waals surface area (Å²) in [6.07, 6.45) is 0. The topological polar surface area (TPSA) is 120 Å². The average molecular weight is 327 g/mol. The molecule has 2 aromatic heterocycles. The molecule has 9 nitrogen and oxygen atoms in total. The van der Waals surface area contributed by atoms with Gasteiger partial charge in [0.15, 0.2) is 0 Å². The van der Waals surface area contributed by atoms with Gasteiger partial charge in [-0.05, 0) is 6.92 Å². The van der Waals surface area contributed by atoms with Gasteiger partial charge in [-0.25, -0.2) is 0 Å². The average Bonchev–Trinajstić information content (AvgIpc) is 2.86. The summed E-state index contributed by atoms with van der Waals surface area (Å²) in [7, 11) is 1.86. The maximum Gasteiger partial charge on any atom is 0.253 e. The van der Waals surface area contributed by atoms with E-state index in [2.05, 4.69) is 43.0 Å². The van der Waals surface area contributed by atoms with Crippen LogP contribution in [0.1, 0.15) is 5.82 Å². The minimum atomic E-state index is -0.444. The number of aromatic nitrogens is 4. The lowest BCUT2D eigenvalue weighted by atomic mass is 10.5. The molecule has 0 unspecified atom stereocenters. The van der Waals surface area contributed by atoms with E-state index < -0.39 is 11.8 Å². The maximum atomic E-state index is 9.60. The largest absolute Gasteiger partial charge is 0.492 e. The molecule has 0 aliphatic heterocycles. The van der Waals surface area contributed by atoms with Crippen molar-refractivity contribution in [2.75, 3.05) is 24.2 Å². The van der Waals surface area contributed by atoms with E-state index in [4.69, 9.17) is 0 Å². The first-order chi connectivity index (χ1) is 10.0. The van der Waals surface area contributed by atoms with Gasteiger partial charge in [0.05, 0.1) is 0 Å². The molecule has 2 rings (SSSR count). The van der Waals surface area contributed by atoms with E-state index in [1.165, 1.54) is 18.3 Å². The Balaban J connectivity index is 2.19. The number of rotatable bonds is 5. The second-order valence-corrected chi connectivity index (χ2v) is 5.36. The molecule has 11 heteroatoms. The number of hydrogen-bond donors (Lipinski definition) is 3. The molecule has 0 aromatic carbocycles. The number of aryl methyl sites for hydroxylation is 1. The summed E-state index contributed by atoms with van der Waals surface area (Å²) in [6.45, 7) is 2.26. The van der Waals surface area contributed by atoms with Gasteiger partial charge in [-0.1, -0.05) is 11.3 Å². The van der Waals surface area contributed by atoms with E-state index in [9.17, 15) is 10.2 Å². The van der Waals surface area contributed by atoms with E-state index in [0.29, 0.717) is 10.9 Å². The van der Waals surface area contributed by atoms with Gasteiger partial charge < -0.3 is 15.1 Å². The van der Waals surface area contributed by atoms with Crippen molar-refractivity contribution in [2.45, 2.75) is 6.92 Å². The van der Waals surface area contributed by atoms with E-state index >= 15 is 0 Å². The third-order valence-corrected chi connectivity index (χ3v) is 3.48. The van der Waals surface area contributed by atoms with Crippen molar-refractivity contribution in [1.29, 1.82) is 0 Å². The van der Waals surface area contributed by atoms with Crippen LogP contribution < -0.4 is 4.90 Å². The predicted molar refractivity (Wildman–Crippen MR) is 81.3 cm³/mol. The number of thiol groups is 1. The van der Waals surface area contributed by atoms with Crippen LogP contribution in [0.5, 0.6) is 11.8 Å². The molecule has 0 bridgehead atoms. The molecule has 0 spiro atoms. The summed E-state index contributed by atoms with van der Waals surface area (Å²) >= 11 is 5.36. The Bertz CT molecular complexity index is 638. The molecule has 2 N–H and O–H groups in total. The molecule has 2 aromatic rings. The Morgan fingerprint density at radius 1 is 1.19 bits per heavy atom. The molecular weight excluding hydrogens is 314 g/mol. The van der Waals surface area contributed by atoms with E-state index in [-0.39, 0.29) is 16.6 Å². The highest BCUT2D eigenvalue weighted by molar-refractivity contribution is 7.80. The number of anilines is 1. The Hall–Kier alpha value is -2.01. The molecular formula is C10H13N7O2S2. The molecule has 0 radical (unpaired) electrons. The Morgan fingerprint density at radius 2 is 1.86 bits per heavy atom. The normalized spacial score (nSPS) is 11.2. The van der Waals surface area contributed by atoms with Gasteiger partial charge >= 0.3 is 0 Å². The quantitative estimate of drug-likeness (QED) is 0.566. The maximum absolute atomic E-state index is 9.60. The van der Waals surface area contributed by atoms with Crippen LogP contribution in [-0.2, 0) is 0 Å². The van der Waals surface area contributed by atoms with Gasteiger partial charge in [0.2, 0.25) is 22.6 Å². The molecule has 0 aliphatic rings. The zero-order valence-electron chi connectivity index (χ0n) is 11.3. The lowest BCUT2D eigenvalue weighted by molar-refractivity contribution is 0.421. The lowest BCUT2D eigenvalue weighted by Gasteiger charge is -2.11. The van der Waals surface area contributed by atoms with Crippen LogP contribution in [-0.4, -0.2) is 49.7 Å². The van der Waals surface area contributed by atoms with E-state index in [1.807, 2.05) is 11.9 Å². The van der Waals surface area contributed by atoms with E-state index in [1.54, 1.807) is 0 Å². The Kier molecular flexibility index (Phi) is 4.85. The van der Waals surface area contributed by atoms with Crippen molar-refractivity contribution in [3.63, 3.8) is 0 Å². The van der Waals surface area contributed by atoms with Crippen LogP contribution >= 0.6 is 24.0 Å². The SMILES string of the molecule is Cc1nc(O)c(/N=N/c2nnc(N(C)CCS)s2)c(O)n1. The molecule has 0 aliphatic carbocycles. The summed E-state index contributed by atoms with van der Waals surface area (Å²) in [5.41, 5.74) is -0.207. The van der Waals surface area contributed by atoms with Crippen LogP contribution in [0.25, 0.3) is 0 Å². The van der Waals surface area contributed by atoms with Crippen molar-refractivity contribution in [2.24, 2.45) is 10.2 Å². The minimum absolute atomic E-state index is 0.207. The predicted octanol–water partition coefficient (Wildman–Crippen LogP) is 1.83. The third-order valence-electron chi connectivity index (χ3n) is 2.36. The van der Waals surface area contributed by atoms with Crippen LogP contribution in [0, 0.1) is 6.92 Å². The van der Waals surface area contributed by atoms with Crippen molar-refractivity contribution in [1.82, 2.24) is 20.2 Å². The Labute approximate surface area is 129 Å². The first kappa shape index (κ1) is 15.4. The van der Waals surface area contributed by atoms with Crippen LogP contribution in [0.4, 0.5) is 16.0 Å². The first-order valence-corrected chi connectivity index (χ1v) is 7.30. The Morgan fingerprint density at radius 3 is 2.48 bits per heavy atom. The highest BCUT2D eigenvalue weighted by atomic mass is 32.1. The summed E-state index contributed by atoms with van der Waals surface area (Å²) in [5.74, 6) is 0.0342. The second kappa shape index (κ2) is 6.63. The standard InChI is InChI=1S/C10H13N7O2S2/c1-5-11-7(18)6(8(19)12-5)13-14-9-15-16-10(21-9)17(2)3-4-20/h20H,3-4H2,1-2H3,(H2,11,12,18,19)/b14-13+. The fourth-order valence-electron chi connectivity index (χ4n) is 1.37. The van der Waals surface area contributed by atoms with Gasteiger partial charge in [0.1, 0.15) is 5.82 Å². The number of hydrogen-bond acceptors (Lipinski definition) is 11. The van der Waals surface area contributed by atoms with Crippen molar-refractivity contribution in [3.8, 4) is 11.8 Å². The third kappa shape index (κ3) is 3.76. The molecule has 0 saturated carbocycles. The number of azo groups is 1. The summed E-state index contributed by atoms with van der Waals surface area (Å²) in [4.78, 5) is 9.25. The molecule has 0 amide bonds. The molecule has 0 atom stereocenters. The summed E-state index contributed by atoms with van der Waals surface area (Å²) in [6, 6.07) is 0. The van der Waals surface area contributed by atoms with Crippen molar-refractivity contribution < 1.29 is 10.2 Å². The minimum Gasteiger partial charge on any atom is -0.492 e. The number of aromatic hydroxyl groups is 2. The van der Waals surface area contributed by atoms with E-state index in [0.717, 1.165) is 6.54 Å². The van der Waals surface area contributed by atoms with Gasteiger partial charge in [-0.3, -0.25) is 0 Å². The van der Waals surface area contributed by atoms with Gasteiger partial charge in [0, 0.05) is 19.3 Å². The second-order valence-electron chi connectivity index (χ2n) is 3.98. The van der Waals surface area contributed by atoms with Gasteiger partial charge in [-0.2, -0.15) is 22.6 Å². The van der Waals surface area contributed by atoms with Crippen LogP contribution in [0.15, 0.2) is 10.2 Å². The van der Waals surface area contributed by atoms with Crippen LogP contribution in [0.3, 0.4) is 0 Å². The van der Waals surface area contributed by atoms with Gasteiger partial charge in [-0.15, -0.1) is 20.4 Å². The molecule has 2 heterocycles. The molecule has 0 saturated heterocycles. The van der Waals surface area contributed by atoms with Crippen molar-refractivity contribution >= 4 is 39.9 Å². The fourth-order valence-corrected chi connectivity index (χ4v) is 2.32. The highest BCUT2D eigenvalue weighted by Gasteiger charge is 2.12. The van der Waals surface area contributed by atoms with Crippen LogP contribution in [0.2, 0.25) is 0 Å². The number of nitrogens with zero attached hydrogens (tertiary/aromatic N) is 7. The monoisotopic (exact) mass is 327 g/mol. The zero-order chi connectivity index (χ0) is 15.4. The van der Waals surface area contributed by atoms with Gasteiger partial charge in [0.25, 0.3) is 5.13 Å². The highest BCUT2D eigenvalue weighted by Crippen LogP contribution is 2.34.